The second-order valence-corrected chi connectivity index (χ2v) is 4.90. The van der Waals surface area contributed by atoms with Gasteiger partial charge in [0.15, 0.2) is 0 Å². The normalized spacial score (nSPS) is 10.1. The van der Waals surface area contributed by atoms with Gasteiger partial charge in [-0.3, -0.25) is 20.4 Å². The van der Waals surface area contributed by atoms with Crippen LogP contribution in [0.4, 0.5) is 8.78 Å². The van der Waals surface area contributed by atoms with Crippen molar-refractivity contribution in [3.05, 3.63) is 70.2 Å². The lowest BCUT2D eigenvalue weighted by Gasteiger charge is -2.08. The molecule has 0 spiro atoms. The molecule has 2 amide bonds. The Morgan fingerprint density at radius 2 is 1.55 bits per heavy atom. The van der Waals surface area contributed by atoms with Crippen LogP contribution in [-0.2, 0) is 11.2 Å². The molecule has 7 heteroatoms. The van der Waals surface area contributed by atoms with E-state index in [0.717, 1.165) is 12.1 Å². The third-order valence-electron chi connectivity index (χ3n) is 2.72. The average Bonchev–Trinajstić information content (AvgIpc) is 2.46. The fourth-order valence-corrected chi connectivity index (χ4v) is 1.84. The fraction of sp³-hybridized carbons (Fsp3) is 0.0667. The van der Waals surface area contributed by atoms with E-state index < -0.39 is 23.4 Å². The van der Waals surface area contributed by atoms with Crippen molar-refractivity contribution in [1.82, 2.24) is 10.9 Å². The minimum absolute atomic E-state index is 0.0228. The minimum Gasteiger partial charge on any atom is -0.273 e. The average molecular weight is 325 g/mol. The number of hydrogen-bond acceptors (Lipinski definition) is 2. The number of halogens is 3. The Labute approximate surface area is 130 Å². The maximum absolute atomic E-state index is 13.0. The molecule has 0 aliphatic heterocycles. The molecule has 0 saturated heterocycles. The third-order valence-corrected chi connectivity index (χ3v) is 2.97. The van der Waals surface area contributed by atoms with E-state index in [0.29, 0.717) is 16.7 Å². The van der Waals surface area contributed by atoms with Crippen LogP contribution in [0, 0.1) is 11.6 Å². The first kappa shape index (κ1) is 15.9. The van der Waals surface area contributed by atoms with Crippen molar-refractivity contribution in [2.75, 3.05) is 0 Å². The summed E-state index contributed by atoms with van der Waals surface area (Å²) < 4.78 is 26.0. The van der Waals surface area contributed by atoms with Crippen LogP contribution in [0.5, 0.6) is 0 Å². The Kier molecular flexibility index (Phi) is 5.06. The topological polar surface area (TPSA) is 58.2 Å². The van der Waals surface area contributed by atoms with Crippen molar-refractivity contribution in [1.29, 1.82) is 0 Å². The van der Waals surface area contributed by atoms with E-state index in [2.05, 4.69) is 10.9 Å². The summed E-state index contributed by atoms with van der Waals surface area (Å²) in [5.41, 5.74) is 4.72. The van der Waals surface area contributed by atoms with Gasteiger partial charge in [0, 0.05) is 16.7 Å². The molecule has 22 heavy (non-hydrogen) atoms. The smallest absolute Gasteiger partial charge is 0.269 e. The first-order valence-electron chi connectivity index (χ1n) is 6.24. The number of nitrogens with one attached hydrogen (secondary N) is 2. The van der Waals surface area contributed by atoms with Crippen LogP contribution >= 0.6 is 11.6 Å². The van der Waals surface area contributed by atoms with Crippen LogP contribution in [0.3, 0.4) is 0 Å². The van der Waals surface area contributed by atoms with Crippen LogP contribution in [0.2, 0.25) is 5.02 Å². The predicted octanol–water partition coefficient (Wildman–Crippen LogP) is 2.62. The number of carbonyl (C=O) groups is 2. The van der Waals surface area contributed by atoms with E-state index in [4.69, 9.17) is 11.6 Å². The summed E-state index contributed by atoms with van der Waals surface area (Å²) in [6.07, 6.45) is 0.0228. The maximum Gasteiger partial charge on any atom is 0.269 e. The molecule has 0 atom stereocenters. The minimum atomic E-state index is -0.877. The van der Waals surface area contributed by atoms with Crippen molar-refractivity contribution >= 4 is 23.4 Å². The molecule has 0 heterocycles. The number of benzene rings is 2. The highest BCUT2D eigenvalue weighted by molar-refractivity contribution is 6.30. The summed E-state index contributed by atoms with van der Waals surface area (Å²) in [7, 11) is 0. The van der Waals surface area contributed by atoms with Gasteiger partial charge in [0.2, 0.25) is 5.91 Å². The Hall–Kier alpha value is -2.47. The van der Waals surface area contributed by atoms with Crippen LogP contribution in [-0.4, -0.2) is 11.8 Å². The lowest BCUT2D eigenvalue weighted by molar-refractivity contribution is -0.121. The summed E-state index contributed by atoms with van der Waals surface area (Å²) >= 11 is 5.73. The van der Waals surface area contributed by atoms with E-state index in [-0.39, 0.29) is 12.0 Å². The first-order chi connectivity index (χ1) is 10.4. The van der Waals surface area contributed by atoms with Gasteiger partial charge < -0.3 is 0 Å². The second-order valence-electron chi connectivity index (χ2n) is 4.46. The van der Waals surface area contributed by atoms with Crippen LogP contribution in [0.1, 0.15) is 15.9 Å². The molecular weight excluding hydrogens is 314 g/mol. The number of rotatable bonds is 3. The van der Waals surface area contributed by atoms with Gasteiger partial charge in [-0.1, -0.05) is 23.7 Å². The highest BCUT2D eigenvalue weighted by atomic mass is 35.5. The summed E-state index contributed by atoms with van der Waals surface area (Å²) in [5.74, 6) is -3.05. The molecular formula is C15H11ClF2N2O2. The van der Waals surface area contributed by atoms with Gasteiger partial charge in [-0.05, 0) is 29.8 Å². The molecule has 0 saturated carbocycles. The van der Waals surface area contributed by atoms with E-state index in [1.165, 1.54) is 0 Å². The second kappa shape index (κ2) is 7.00. The standard InChI is InChI=1S/C15H11ClF2N2O2/c16-11-3-1-9(2-4-11)5-14(21)19-20-15(22)10-6-12(17)8-13(18)7-10/h1-4,6-8H,5H2,(H,19,21)(H,20,22). The molecule has 0 unspecified atom stereocenters. The van der Waals surface area contributed by atoms with Crippen LogP contribution in [0.25, 0.3) is 0 Å². The fourth-order valence-electron chi connectivity index (χ4n) is 1.72. The monoisotopic (exact) mass is 324 g/mol. The number of carbonyl (C=O) groups excluding carboxylic acids is 2. The van der Waals surface area contributed by atoms with Gasteiger partial charge in [-0.15, -0.1) is 0 Å². The van der Waals surface area contributed by atoms with Crippen molar-refractivity contribution in [3.63, 3.8) is 0 Å². The molecule has 0 aliphatic carbocycles. The predicted molar refractivity (Wildman–Crippen MR) is 77.1 cm³/mol. The highest BCUT2D eigenvalue weighted by Crippen LogP contribution is 2.10. The lowest BCUT2D eigenvalue weighted by atomic mass is 10.1. The Bertz CT molecular complexity index is 685. The van der Waals surface area contributed by atoms with Crippen LogP contribution in [0.15, 0.2) is 42.5 Å². The van der Waals surface area contributed by atoms with E-state index >= 15 is 0 Å². The Balaban J connectivity index is 1.90. The highest BCUT2D eigenvalue weighted by Gasteiger charge is 2.10. The third kappa shape index (κ3) is 4.53. The zero-order valence-corrected chi connectivity index (χ0v) is 12.0. The first-order valence-corrected chi connectivity index (χ1v) is 6.61. The molecule has 2 rings (SSSR count). The summed E-state index contributed by atoms with van der Waals surface area (Å²) in [5, 5.41) is 0.547. The summed E-state index contributed by atoms with van der Waals surface area (Å²) in [6, 6.07) is 9.00. The van der Waals surface area contributed by atoms with Gasteiger partial charge in [-0.2, -0.15) is 0 Å². The largest absolute Gasteiger partial charge is 0.273 e. The van der Waals surface area contributed by atoms with E-state index in [1.807, 2.05) is 0 Å². The molecule has 0 bridgehead atoms. The molecule has 0 aliphatic rings. The zero-order valence-electron chi connectivity index (χ0n) is 11.2. The summed E-state index contributed by atoms with van der Waals surface area (Å²) in [4.78, 5) is 23.3. The van der Waals surface area contributed by atoms with Gasteiger partial charge in [-0.25, -0.2) is 8.78 Å². The Morgan fingerprint density at radius 3 is 2.14 bits per heavy atom. The SMILES string of the molecule is O=C(Cc1ccc(Cl)cc1)NNC(=O)c1cc(F)cc(F)c1. The van der Waals surface area contributed by atoms with Gasteiger partial charge >= 0.3 is 0 Å². The molecule has 0 aromatic heterocycles. The van der Waals surface area contributed by atoms with Gasteiger partial charge in [0.25, 0.3) is 5.91 Å². The molecule has 2 N–H and O–H groups in total. The number of amides is 2. The van der Waals surface area contributed by atoms with Crippen molar-refractivity contribution in [2.24, 2.45) is 0 Å². The number of hydrogen-bond donors (Lipinski definition) is 2. The van der Waals surface area contributed by atoms with E-state index in [1.54, 1.807) is 24.3 Å². The zero-order chi connectivity index (χ0) is 16.1. The van der Waals surface area contributed by atoms with Crippen molar-refractivity contribution in [2.45, 2.75) is 6.42 Å². The molecule has 2 aromatic rings. The number of hydrazine groups is 1. The van der Waals surface area contributed by atoms with Gasteiger partial charge in [0.05, 0.1) is 6.42 Å². The van der Waals surface area contributed by atoms with Gasteiger partial charge in [0.1, 0.15) is 11.6 Å². The molecule has 4 nitrogen and oxygen atoms in total. The molecule has 0 radical (unpaired) electrons. The molecule has 2 aromatic carbocycles. The molecule has 0 fully saturated rings. The van der Waals surface area contributed by atoms with Crippen LogP contribution < -0.4 is 10.9 Å². The van der Waals surface area contributed by atoms with Crippen molar-refractivity contribution in [3.8, 4) is 0 Å². The quantitative estimate of drug-likeness (QED) is 0.853. The maximum atomic E-state index is 13.0. The van der Waals surface area contributed by atoms with Crippen molar-refractivity contribution < 1.29 is 18.4 Å². The lowest BCUT2D eigenvalue weighted by Crippen LogP contribution is -2.42. The molecule has 114 valence electrons. The Morgan fingerprint density at radius 1 is 0.955 bits per heavy atom. The summed E-state index contributed by atoms with van der Waals surface area (Å²) in [6.45, 7) is 0. The van der Waals surface area contributed by atoms with E-state index in [9.17, 15) is 18.4 Å².